The first-order chi connectivity index (χ1) is 15.3. The SMILES string of the molecule is CN1CC[C@@](O)(c2cc(-c3cccc(-c4nc(C(N)=O)c(NC5COC5)s4)c3)no2)C1=O. The Morgan fingerprint density at radius 2 is 2.12 bits per heavy atom. The zero-order valence-electron chi connectivity index (χ0n) is 17.2. The molecule has 11 heteroatoms. The molecule has 2 aromatic heterocycles. The van der Waals surface area contributed by atoms with Crippen molar-refractivity contribution < 1.29 is 24.0 Å². The van der Waals surface area contributed by atoms with E-state index in [9.17, 15) is 14.7 Å². The van der Waals surface area contributed by atoms with Gasteiger partial charge in [0, 0.05) is 37.2 Å². The minimum absolute atomic E-state index is 0.117. The third-order valence-corrected chi connectivity index (χ3v) is 6.70. The van der Waals surface area contributed by atoms with E-state index in [1.807, 2.05) is 24.3 Å². The predicted molar refractivity (Wildman–Crippen MR) is 116 cm³/mol. The number of aromatic nitrogens is 2. The van der Waals surface area contributed by atoms with Crippen molar-refractivity contribution in [1.82, 2.24) is 15.0 Å². The van der Waals surface area contributed by atoms with Crippen LogP contribution in [0.3, 0.4) is 0 Å². The highest BCUT2D eigenvalue weighted by atomic mass is 32.1. The number of aliphatic hydroxyl groups is 1. The van der Waals surface area contributed by atoms with Crippen LogP contribution in [0, 0.1) is 0 Å². The van der Waals surface area contributed by atoms with Crippen LogP contribution in [-0.2, 0) is 15.1 Å². The van der Waals surface area contributed by atoms with Gasteiger partial charge in [-0.25, -0.2) is 4.98 Å². The van der Waals surface area contributed by atoms with Gasteiger partial charge in [0.1, 0.15) is 15.7 Å². The number of benzene rings is 1. The van der Waals surface area contributed by atoms with Crippen LogP contribution in [-0.4, -0.2) is 64.8 Å². The molecular formula is C21H21N5O5S. The normalized spacial score (nSPS) is 21.1. The van der Waals surface area contributed by atoms with E-state index in [2.05, 4.69) is 15.5 Å². The molecule has 32 heavy (non-hydrogen) atoms. The largest absolute Gasteiger partial charge is 0.377 e. The van der Waals surface area contributed by atoms with Crippen molar-refractivity contribution in [2.45, 2.75) is 18.1 Å². The molecule has 2 fully saturated rings. The first-order valence-corrected chi connectivity index (χ1v) is 10.9. The summed E-state index contributed by atoms with van der Waals surface area (Å²) in [5, 5.41) is 19.3. The Balaban J connectivity index is 1.45. The van der Waals surface area contributed by atoms with Crippen LogP contribution in [0.4, 0.5) is 5.00 Å². The number of nitrogens with zero attached hydrogens (tertiary/aromatic N) is 3. The Hall–Kier alpha value is -3.28. The van der Waals surface area contributed by atoms with Crippen molar-refractivity contribution in [3.8, 4) is 21.8 Å². The average Bonchev–Trinajstić information content (AvgIpc) is 3.47. The molecule has 166 valence electrons. The highest BCUT2D eigenvalue weighted by Gasteiger charge is 2.48. The predicted octanol–water partition coefficient (Wildman–Crippen LogP) is 1.42. The van der Waals surface area contributed by atoms with Crippen LogP contribution >= 0.6 is 11.3 Å². The number of likely N-dealkylation sites (N-methyl/N-ethyl adjacent to an activating group) is 1. The molecule has 4 N–H and O–H groups in total. The summed E-state index contributed by atoms with van der Waals surface area (Å²) in [6.45, 7) is 1.58. The van der Waals surface area contributed by atoms with Gasteiger partial charge in [0.2, 0.25) is 5.60 Å². The minimum atomic E-state index is -1.70. The molecule has 3 aromatic rings. The van der Waals surface area contributed by atoms with E-state index in [1.54, 1.807) is 13.1 Å². The molecule has 2 saturated heterocycles. The number of nitrogens with two attached hydrogens (primary N) is 1. The molecule has 0 saturated carbocycles. The molecule has 1 aromatic carbocycles. The van der Waals surface area contributed by atoms with E-state index in [-0.39, 0.29) is 23.9 Å². The number of hydrogen-bond donors (Lipinski definition) is 3. The number of amides is 2. The number of carbonyl (C=O) groups excluding carboxylic acids is 2. The summed E-state index contributed by atoms with van der Waals surface area (Å²) in [6.07, 6.45) is 0.244. The maximum Gasteiger partial charge on any atom is 0.270 e. The van der Waals surface area contributed by atoms with Crippen molar-refractivity contribution in [2.24, 2.45) is 5.73 Å². The third-order valence-electron chi connectivity index (χ3n) is 5.67. The van der Waals surface area contributed by atoms with Gasteiger partial charge in [-0.05, 0) is 6.07 Å². The molecule has 5 rings (SSSR count). The number of carbonyl (C=O) groups is 2. The fraction of sp³-hybridized carbons (Fsp3) is 0.333. The molecule has 0 radical (unpaired) electrons. The Labute approximate surface area is 187 Å². The third kappa shape index (κ3) is 3.44. The molecule has 1 atom stereocenters. The molecule has 2 aliphatic rings. The van der Waals surface area contributed by atoms with Crippen molar-refractivity contribution in [1.29, 1.82) is 0 Å². The van der Waals surface area contributed by atoms with Gasteiger partial charge in [-0.1, -0.05) is 34.7 Å². The lowest BCUT2D eigenvalue weighted by Crippen LogP contribution is -2.40. The topological polar surface area (TPSA) is 144 Å². The number of likely N-dealkylation sites (tertiary alicyclic amines) is 1. The van der Waals surface area contributed by atoms with Crippen LogP contribution in [0.15, 0.2) is 34.9 Å². The number of ether oxygens (including phenoxy) is 1. The molecule has 2 amide bonds. The lowest BCUT2D eigenvalue weighted by atomic mass is 9.98. The molecule has 2 aliphatic heterocycles. The monoisotopic (exact) mass is 455 g/mol. The van der Waals surface area contributed by atoms with Gasteiger partial charge >= 0.3 is 0 Å². The van der Waals surface area contributed by atoms with Crippen molar-refractivity contribution in [3.05, 3.63) is 41.8 Å². The number of anilines is 1. The van der Waals surface area contributed by atoms with E-state index < -0.39 is 17.4 Å². The number of thiazole rings is 1. The molecular weight excluding hydrogens is 434 g/mol. The molecule has 4 heterocycles. The van der Waals surface area contributed by atoms with Crippen LogP contribution in [0.1, 0.15) is 22.7 Å². The lowest BCUT2D eigenvalue weighted by molar-refractivity contribution is -0.144. The lowest BCUT2D eigenvalue weighted by Gasteiger charge is -2.27. The van der Waals surface area contributed by atoms with E-state index in [0.29, 0.717) is 35.5 Å². The Morgan fingerprint density at radius 1 is 1.34 bits per heavy atom. The molecule has 0 spiro atoms. The van der Waals surface area contributed by atoms with E-state index in [4.69, 9.17) is 15.0 Å². The molecule has 10 nitrogen and oxygen atoms in total. The number of hydrogen-bond acceptors (Lipinski definition) is 9. The fourth-order valence-corrected chi connectivity index (χ4v) is 4.76. The summed E-state index contributed by atoms with van der Waals surface area (Å²) in [6, 6.07) is 9.10. The summed E-state index contributed by atoms with van der Waals surface area (Å²) >= 11 is 1.34. The molecule has 0 bridgehead atoms. The standard InChI is InChI=1S/C21H21N5O5S/c1-26-6-5-21(29,20(26)28)15-8-14(25-31-15)11-3-2-4-12(7-11)18-24-16(17(22)27)19(32-18)23-13-9-30-10-13/h2-4,7-8,13,23,29H,5-6,9-10H2,1H3,(H2,22,27)/t21-/m1/s1. The highest BCUT2D eigenvalue weighted by molar-refractivity contribution is 7.19. The second-order valence-corrected chi connectivity index (χ2v) is 8.93. The van der Waals surface area contributed by atoms with Crippen molar-refractivity contribution in [2.75, 3.05) is 32.1 Å². The zero-order valence-corrected chi connectivity index (χ0v) is 18.0. The van der Waals surface area contributed by atoms with E-state index in [0.717, 1.165) is 11.1 Å². The summed E-state index contributed by atoms with van der Waals surface area (Å²) in [4.78, 5) is 30.1. The summed E-state index contributed by atoms with van der Waals surface area (Å²) < 4.78 is 10.5. The maximum atomic E-state index is 12.3. The smallest absolute Gasteiger partial charge is 0.270 e. The van der Waals surface area contributed by atoms with Gasteiger partial charge in [0.05, 0.1) is 19.3 Å². The average molecular weight is 455 g/mol. The summed E-state index contributed by atoms with van der Waals surface area (Å²) in [5.41, 5.74) is 5.98. The quantitative estimate of drug-likeness (QED) is 0.506. The van der Waals surface area contributed by atoms with Gasteiger partial charge in [-0.15, -0.1) is 0 Å². The van der Waals surface area contributed by atoms with E-state index >= 15 is 0 Å². The summed E-state index contributed by atoms with van der Waals surface area (Å²) in [5.74, 6) is -0.897. The number of rotatable bonds is 6. The van der Waals surface area contributed by atoms with Crippen LogP contribution in [0.25, 0.3) is 21.8 Å². The second kappa shape index (κ2) is 7.69. The number of primary amides is 1. The fourth-order valence-electron chi connectivity index (χ4n) is 3.71. The Kier molecular flexibility index (Phi) is 4.96. The Morgan fingerprint density at radius 3 is 2.78 bits per heavy atom. The first kappa shape index (κ1) is 20.6. The van der Waals surface area contributed by atoms with Gasteiger partial charge < -0.3 is 30.3 Å². The highest BCUT2D eigenvalue weighted by Crippen LogP contribution is 2.37. The van der Waals surface area contributed by atoms with E-state index in [1.165, 1.54) is 16.2 Å². The van der Waals surface area contributed by atoms with Crippen LogP contribution < -0.4 is 11.1 Å². The Bertz CT molecular complexity index is 1200. The second-order valence-electron chi connectivity index (χ2n) is 7.93. The first-order valence-electron chi connectivity index (χ1n) is 10.1. The van der Waals surface area contributed by atoms with Crippen LogP contribution in [0.2, 0.25) is 0 Å². The van der Waals surface area contributed by atoms with Crippen molar-refractivity contribution >= 4 is 28.2 Å². The zero-order chi connectivity index (χ0) is 22.5. The van der Waals surface area contributed by atoms with Gasteiger partial charge in [-0.3, -0.25) is 9.59 Å². The maximum absolute atomic E-state index is 12.3. The molecule has 0 aliphatic carbocycles. The van der Waals surface area contributed by atoms with Gasteiger partial charge in [-0.2, -0.15) is 0 Å². The van der Waals surface area contributed by atoms with Crippen LogP contribution in [0.5, 0.6) is 0 Å². The minimum Gasteiger partial charge on any atom is -0.377 e. The summed E-state index contributed by atoms with van der Waals surface area (Å²) in [7, 11) is 1.64. The van der Waals surface area contributed by atoms with Crippen molar-refractivity contribution in [3.63, 3.8) is 0 Å². The van der Waals surface area contributed by atoms with Gasteiger partial charge in [0.25, 0.3) is 11.8 Å². The number of nitrogens with one attached hydrogen (secondary N) is 1. The van der Waals surface area contributed by atoms with Gasteiger partial charge in [0.15, 0.2) is 11.5 Å². The molecule has 0 unspecified atom stereocenters.